The maximum atomic E-state index is 11.8. The van der Waals surface area contributed by atoms with Gasteiger partial charge in [0.2, 0.25) is 0 Å². The molecule has 0 amide bonds. The molecule has 0 saturated heterocycles. The van der Waals surface area contributed by atoms with E-state index in [1.807, 2.05) is 30.3 Å². The summed E-state index contributed by atoms with van der Waals surface area (Å²) in [6, 6.07) is 11.2. The number of carboxylic acid groups (broad SMARTS) is 1. The van der Waals surface area contributed by atoms with Crippen LogP contribution in [0.5, 0.6) is 0 Å². The number of ether oxygens (including phenoxy) is 1. The van der Waals surface area contributed by atoms with E-state index in [4.69, 9.17) is 9.84 Å². The molecule has 0 aliphatic heterocycles. The molecule has 0 unspecified atom stereocenters. The highest BCUT2D eigenvalue weighted by Crippen LogP contribution is 2.14. The summed E-state index contributed by atoms with van der Waals surface area (Å²) >= 11 is 0. The van der Waals surface area contributed by atoms with Crippen molar-refractivity contribution in [1.29, 1.82) is 0 Å². The molecule has 2 rings (SSSR count). The Kier molecular flexibility index (Phi) is 4.66. The van der Waals surface area contributed by atoms with Gasteiger partial charge < -0.3 is 9.84 Å². The fourth-order valence-electron chi connectivity index (χ4n) is 1.97. The molecule has 108 valence electrons. The third-order valence-corrected chi connectivity index (χ3v) is 2.89. The average Bonchev–Trinajstić information content (AvgIpc) is 2.48. The first-order valence-corrected chi connectivity index (χ1v) is 6.55. The highest BCUT2D eigenvalue weighted by molar-refractivity contribution is 6.01. The molecule has 0 atom stereocenters. The van der Waals surface area contributed by atoms with Crippen LogP contribution in [-0.2, 0) is 11.2 Å². The Morgan fingerprint density at radius 3 is 2.52 bits per heavy atom. The second kappa shape index (κ2) is 6.65. The standard InChI is InChI=1S/C16H15NO4/c1-2-21-16(20)13-9-12(10-17-14(13)15(18)19)8-11-6-4-3-5-7-11/h3-7,9-10H,2,8H2,1H3,(H,18,19). The lowest BCUT2D eigenvalue weighted by Crippen LogP contribution is -2.14. The number of rotatable bonds is 5. The zero-order valence-corrected chi connectivity index (χ0v) is 11.6. The number of carbonyl (C=O) groups excluding carboxylic acids is 1. The summed E-state index contributed by atoms with van der Waals surface area (Å²) in [6.07, 6.45) is 2.04. The number of pyridine rings is 1. The van der Waals surface area contributed by atoms with Crippen LogP contribution in [0.4, 0.5) is 0 Å². The minimum atomic E-state index is -1.25. The van der Waals surface area contributed by atoms with Crippen LogP contribution in [0.1, 0.15) is 38.9 Å². The van der Waals surface area contributed by atoms with Crippen molar-refractivity contribution >= 4 is 11.9 Å². The van der Waals surface area contributed by atoms with Crippen molar-refractivity contribution in [2.45, 2.75) is 13.3 Å². The smallest absolute Gasteiger partial charge is 0.355 e. The Morgan fingerprint density at radius 1 is 1.19 bits per heavy atom. The summed E-state index contributed by atoms with van der Waals surface area (Å²) in [5.74, 6) is -1.92. The first-order chi connectivity index (χ1) is 10.1. The summed E-state index contributed by atoms with van der Waals surface area (Å²) in [5, 5.41) is 9.09. The fraction of sp³-hybridized carbons (Fsp3) is 0.188. The molecule has 1 N–H and O–H groups in total. The number of carbonyl (C=O) groups is 2. The number of carboxylic acids is 1. The minimum Gasteiger partial charge on any atom is -0.476 e. The van der Waals surface area contributed by atoms with E-state index in [-0.39, 0.29) is 17.9 Å². The second-order valence-electron chi connectivity index (χ2n) is 4.43. The molecular weight excluding hydrogens is 270 g/mol. The van der Waals surface area contributed by atoms with Crippen molar-refractivity contribution < 1.29 is 19.4 Å². The largest absolute Gasteiger partial charge is 0.476 e. The van der Waals surface area contributed by atoms with Crippen molar-refractivity contribution in [1.82, 2.24) is 4.98 Å². The zero-order valence-electron chi connectivity index (χ0n) is 11.6. The molecule has 5 nitrogen and oxygen atoms in total. The molecule has 2 aromatic rings. The Labute approximate surface area is 122 Å². The molecular formula is C16H15NO4. The first-order valence-electron chi connectivity index (χ1n) is 6.55. The van der Waals surface area contributed by atoms with Crippen LogP contribution in [0.15, 0.2) is 42.6 Å². The summed E-state index contributed by atoms with van der Waals surface area (Å²) in [7, 11) is 0. The molecule has 1 heterocycles. The normalized spacial score (nSPS) is 10.1. The molecule has 5 heteroatoms. The van der Waals surface area contributed by atoms with Gasteiger partial charge in [-0.1, -0.05) is 30.3 Å². The van der Waals surface area contributed by atoms with Gasteiger partial charge in [-0.15, -0.1) is 0 Å². The Morgan fingerprint density at radius 2 is 1.90 bits per heavy atom. The molecule has 21 heavy (non-hydrogen) atoms. The van der Waals surface area contributed by atoms with Crippen LogP contribution in [0, 0.1) is 0 Å². The van der Waals surface area contributed by atoms with Gasteiger partial charge in [-0.05, 0) is 30.5 Å². The topological polar surface area (TPSA) is 76.5 Å². The van der Waals surface area contributed by atoms with Gasteiger partial charge in [-0.2, -0.15) is 0 Å². The monoisotopic (exact) mass is 285 g/mol. The van der Waals surface area contributed by atoms with Gasteiger partial charge in [0.15, 0.2) is 5.69 Å². The maximum absolute atomic E-state index is 11.8. The third-order valence-electron chi connectivity index (χ3n) is 2.89. The molecule has 1 aromatic heterocycles. The number of hydrogen-bond donors (Lipinski definition) is 1. The van der Waals surface area contributed by atoms with Gasteiger partial charge in [0.25, 0.3) is 0 Å². The minimum absolute atomic E-state index is 0.0159. The zero-order chi connectivity index (χ0) is 15.2. The van der Waals surface area contributed by atoms with E-state index in [9.17, 15) is 9.59 Å². The van der Waals surface area contributed by atoms with Crippen molar-refractivity contribution in [2.75, 3.05) is 6.61 Å². The Bertz CT molecular complexity index is 653. The van der Waals surface area contributed by atoms with E-state index >= 15 is 0 Å². The summed E-state index contributed by atoms with van der Waals surface area (Å²) in [4.78, 5) is 26.9. The third kappa shape index (κ3) is 3.66. The fourth-order valence-corrected chi connectivity index (χ4v) is 1.97. The molecule has 0 aliphatic rings. The molecule has 0 aliphatic carbocycles. The average molecular weight is 285 g/mol. The van der Waals surface area contributed by atoms with E-state index in [1.54, 1.807) is 6.92 Å². The van der Waals surface area contributed by atoms with Gasteiger partial charge in [0.1, 0.15) is 0 Å². The molecule has 0 radical (unpaired) electrons. The molecule has 0 spiro atoms. The maximum Gasteiger partial charge on any atom is 0.355 e. The van der Waals surface area contributed by atoms with Crippen molar-refractivity contribution in [3.05, 3.63) is 65.0 Å². The van der Waals surface area contributed by atoms with E-state index in [0.717, 1.165) is 11.1 Å². The van der Waals surface area contributed by atoms with Crippen molar-refractivity contribution in [3.8, 4) is 0 Å². The lowest BCUT2D eigenvalue weighted by molar-refractivity contribution is 0.0512. The lowest BCUT2D eigenvalue weighted by atomic mass is 10.0. The number of nitrogens with zero attached hydrogens (tertiary/aromatic N) is 1. The van der Waals surface area contributed by atoms with Gasteiger partial charge in [-0.3, -0.25) is 0 Å². The van der Waals surface area contributed by atoms with Gasteiger partial charge in [-0.25, -0.2) is 14.6 Å². The summed E-state index contributed by atoms with van der Waals surface area (Å²) < 4.78 is 4.88. The van der Waals surface area contributed by atoms with E-state index < -0.39 is 11.9 Å². The summed E-state index contributed by atoms with van der Waals surface area (Å²) in [5.41, 5.74) is 1.51. The van der Waals surface area contributed by atoms with Gasteiger partial charge in [0.05, 0.1) is 12.2 Å². The van der Waals surface area contributed by atoms with Crippen molar-refractivity contribution in [2.24, 2.45) is 0 Å². The number of aromatic carboxylic acids is 1. The van der Waals surface area contributed by atoms with Gasteiger partial charge in [0, 0.05) is 6.20 Å². The second-order valence-corrected chi connectivity index (χ2v) is 4.43. The van der Waals surface area contributed by atoms with E-state index in [2.05, 4.69) is 4.98 Å². The van der Waals surface area contributed by atoms with Crippen LogP contribution in [0.25, 0.3) is 0 Å². The SMILES string of the molecule is CCOC(=O)c1cc(Cc2ccccc2)cnc1C(=O)O. The molecule has 0 fully saturated rings. The number of esters is 1. The van der Waals surface area contributed by atoms with Crippen LogP contribution in [0.2, 0.25) is 0 Å². The highest BCUT2D eigenvalue weighted by atomic mass is 16.5. The molecule has 1 aromatic carbocycles. The number of hydrogen-bond acceptors (Lipinski definition) is 4. The predicted octanol–water partition coefficient (Wildman–Crippen LogP) is 2.55. The van der Waals surface area contributed by atoms with Crippen LogP contribution < -0.4 is 0 Å². The van der Waals surface area contributed by atoms with Crippen LogP contribution in [-0.4, -0.2) is 28.6 Å². The number of aromatic nitrogens is 1. The van der Waals surface area contributed by atoms with E-state index in [1.165, 1.54) is 12.3 Å². The summed E-state index contributed by atoms with van der Waals surface area (Å²) in [6.45, 7) is 1.85. The van der Waals surface area contributed by atoms with E-state index in [0.29, 0.717) is 6.42 Å². The highest BCUT2D eigenvalue weighted by Gasteiger charge is 2.19. The van der Waals surface area contributed by atoms with Crippen molar-refractivity contribution in [3.63, 3.8) is 0 Å². The predicted molar refractivity (Wildman–Crippen MR) is 76.4 cm³/mol. The first kappa shape index (κ1) is 14.7. The lowest BCUT2D eigenvalue weighted by Gasteiger charge is -2.08. The number of benzene rings is 1. The molecule has 0 saturated carbocycles. The Balaban J connectivity index is 2.34. The van der Waals surface area contributed by atoms with Crippen LogP contribution in [0.3, 0.4) is 0 Å². The van der Waals surface area contributed by atoms with Crippen LogP contribution >= 0.6 is 0 Å². The Hall–Kier alpha value is -2.69. The quantitative estimate of drug-likeness (QED) is 0.854. The molecule has 0 bridgehead atoms. The van der Waals surface area contributed by atoms with Gasteiger partial charge >= 0.3 is 11.9 Å².